The quantitative estimate of drug-likeness (QED) is 0.476. The van der Waals surface area contributed by atoms with Crippen molar-refractivity contribution >= 4 is 5.96 Å². The average Bonchev–Trinajstić information content (AvgIpc) is 2.55. The Morgan fingerprint density at radius 1 is 1.17 bits per heavy atom. The molecule has 2 N–H and O–H groups in total. The molecule has 5 heteroatoms. The van der Waals surface area contributed by atoms with E-state index in [1.54, 1.807) is 0 Å². The summed E-state index contributed by atoms with van der Waals surface area (Å²) in [5, 5.41) is 6.76. The van der Waals surface area contributed by atoms with Crippen molar-refractivity contribution in [2.75, 3.05) is 33.2 Å². The van der Waals surface area contributed by atoms with Crippen LogP contribution in [0.4, 0.5) is 0 Å². The van der Waals surface area contributed by atoms with Crippen molar-refractivity contribution in [2.45, 2.75) is 45.9 Å². The third-order valence-corrected chi connectivity index (χ3v) is 4.24. The summed E-state index contributed by atoms with van der Waals surface area (Å²) in [7, 11) is 1.82. The van der Waals surface area contributed by atoms with Crippen LogP contribution in [0, 0.1) is 6.92 Å². The highest BCUT2D eigenvalue weighted by Gasteiger charge is 2.21. The minimum Gasteiger partial charge on any atom is -0.373 e. The van der Waals surface area contributed by atoms with Gasteiger partial charge < -0.3 is 15.4 Å². The van der Waals surface area contributed by atoms with Crippen LogP contribution < -0.4 is 10.6 Å². The first-order valence-corrected chi connectivity index (χ1v) is 8.94. The van der Waals surface area contributed by atoms with Gasteiger partial charge in [0.2, 0.25) is 0 Å². The van der Waals surface area contributed by atoms with Gasteiger partial charge in [0.25, 0.3) is 0 Å². The lowest BCUT2D eigenvalue weighted by atomic mass is 10.1. The fourth-order valence-electron chi connectivity index (χ4n) is 3.09. The Morgan fingerprint density at radius 3 is 2.46 bits per heavy atom. The van der Waals surface area contributed by atoms with E-state index in [9.17, 15) is 0 Å². The van der Waals surface area contributed by atoms with Crippen LogP contribution in [0.1, 0.15) is 31.4 Å². The standard InChI is InChI=1S/C19H32N4O/c1-15-6-8-18(9-7-15)12-22-19(20-4)21-10-5-11-23-13-16(2)24-17(3)14-23/h6-9,16-17H,5,10-14H2,1-4H3,(H2,20,21,22). The number of hydrogen-bond acceptors (Lipinski definition) is 3. The van der Waals surface area contributed by atoms with Gasteiger partial charge in [-0.2, -0.15) is 0 Å². The number of aryl methyl sites for hydroxylation is 1. The molecule has 5 nitrogen and oxygen atoms in total. The van der Waals surface area contributed by atoms with Crippen molar-refractivity contribution in [3.63, 3.8) is 0 Å². The van der Waals surface area contributed by atoms with Gasteiger partial charge in [0.15, 0.2) is 5.96 Å². The second kappa shape index (κ2) is 9.64. The zero-order chi connectivity index (χ0) is 17.4. The second-order valence-corrected chi connectivity index (χ2v) is 6.71. The molecule has 1 aromatic rings. The van der Waals surface area contributed by atoms with Crippen LogP contribution in [0.2, 0.25) is 0 Å². The molecule has 1 fully saturated rings. The molecule has 1 aliphatic heterocycles. The molecular weight excluding hydrogens is 300 g/mol. The van der Waals surface area contributed by atoms with Gasteiger partial charge >= 0.3 is 0 Å². The number of benzene rings is 1. The van der Waals surface area contributed by atoms with Gasteiger partial charge in [0.1, 0.15) is 0 Å². The lowest BCUT2D eigenvalue weighted by Crippen LogP contribution is -2.46. The SMILES string of the molecule is CN=C(NCCCN1CC(C)OC(C)C1)NCc1ccc(C)cc1. The van der Waals surface area contributed by atoms with E-state index in [0.29, 0.717) is 12.2 Å². The summed E-state index contributed by atoms with van der Waals surface area (Å²) in [6.45, 7) is 11.3. The largest absolute Gasteiger partial charge is 0.373 e. The highest BCUT2D eigenvalue weighted by molar-refractivity contribution is 5.79. The van der Waals surface area contributed by atoms with E-state index < -0.39 is 0 Å². The molecule has 0 aromatic heterocycles. The van der Waals surface area contributed by atoms with Gasteiger partial charge in [0, 0.05) is 39.8 Å². The minimum atomic E-state index is 0.339. The number of nitrogens with zero attached hydrogens (tertiary/aromatic N) is 2. The normalized spacial score (nSPS) is 22.4. The molecule has 1 saturated heterocycles. The van der Waals surface area contributed by atoms with Crippen molar-refractivity contribution < 1.29 is 4.74 Å². The number of morpholine rings is 1. The molecule has 24 heavy (non-hydrogen) atoms. The van der Waals surface area contributed by atoms with Crippen molar-refractivity contribution in [1.29, 1.82) is 0 Å². The first kappa shape index (κ1) is 18.7. The Kier molecular flexibility index (Phi) is 7.53. The zero-order valence-corrected chi connectivity index (χ0v) is 15.5. The third-order valence-electron chi connectivity index (χ3n) is 4.24. The number of hydrogen-bond donors (Lipinski definition) is 2. The Hall–Kier alpha value is -1.59. The smallest absolute Gasteiger partial charge is 0.191 e. The zero-order valence-electron chi connectivity index (χ0n) is 15.5. The van der Waals surface area contributed by atoms with E-state index in [2.05, 4.69) is 65.6 Å². The fraction of sp³-hybridized carbons (Fsp3) is 0.632. The van der Waals surface area contributed by atoms with Crippen molar-refractivity contribution in [3.8, 4) is 0 Å². The van der Waals surface area contributed by atoms with Gasteiger partial charge in [-0.1, -0.05) is 29.8 Å². The molecule has 0 amide bonds. The monoisotopic (exact) mass is 332 g/mol. The molecular formula is C19H32N4O. The molecule has 1 aliphatic rings. The Labute approximate surface area is 146 Å². The van der Waals surface area contributed by atoms with Gasteiger partial charge in [-0.3, -0.25) is 9.89 Å². The Morgan fingerprint density at radius 2 is 1.83 bits per heavy atom. The van der Waals surface area contributed by atoms with Crippen LogP contribution in [0.25, 0.3) is 0 Å². The van der Waals surface area contributed by atoms with E-state index >= 15 is 0 Å². The molecule has 0 spiro atoms. The molecule has 2 rings (SSSR count). The molecule has 2 unspecified atom stereocenters. The maximum absolute atomic E-state index is 5.77. The topological polar surface area (TPSA) is 48.9 Å². The highest BCUT2D eigenvalue weighted by Crippen LogP contribution is 2.10. The fourth-order valence-corrected chi connectivity index (χ4v) is 3.09. The Bertz CT molecular complexity index is 505. The second-order valence-electron chi connectivity index (χ2n) is 6.71. The number of rotatable bonds is 6. The van der Waals surface area contributed by atoms with Crippen LogP contribution in [0.3, 0.4) is 0 Å². The molecule has 0 aliphatic carbocycles. The van der Waals surface area contributed by atoms with E-state index in [1.165, 1.54) is 11.1 Å². The molecule has 2 atom stereocenters. The maximum Gasteiger partial charge on any atom is 0.191 e. The van der Waals surface area contributed by atoms with Gasteiger partial charge in [0.05, 0.1) is 12.2 Å². The van der Waals surface area contributed by atoms with Crippen molar-refractivity contribution in [3.05, 3.63) is 35.4 Å². The summed E-state index contributed by atoms with van der Waals surface area (Å²) < 4.78 is 5.77. The average molecular weight is 332 g/mol. The lowest BCUT2D eigenvalue weighted by Gasteiger charge is -2.35. The summed E-state index contributed by atoms with van der Waals surface area (Å²) in [6, 6.07) is 8.57. The van der Waals surface area contributed by atoms with Crippen LogP contribution in [-0.2, 0) is 11.3 Å². The molecule has 0 saturated carbocycles. The van der Waals surface area contributed by atoms with E-state index in [-0.39, 0.29) is 0 Å². The maximum atomic E-state index is 5.77. The molecule has 0 bridgehead atoms. The first-order chi connectivity index (χ1) is 11.6. The summed E-state index contributed by atoms with van der Waals surface area (Å²) in [5.74, 6) is 0.860. The molecule has 1 heterocycles. The highest BCUT2D eigenvalue weighted by atomic mass is 16.5. The summed E-state index contributed by atoms with van der Waals surface area (Å²) >= 11 is 0. The van der Waals surface area contributed by atoms with Crippen LogP contribution in [0.5, 0.6) is 0 Å². The van der Waals surface area contributed by atoms with Gasteiger partial charge in [-0.05, 0) is 32.8 Å². The van der Waals surface area contributed by atoms with Crippen molar-refractivity contribution in [2.24, 2.45) is 4.99 Å². The third kappa shape index (κ3) is 6.49. The van der Waals surface area contributed by atoms with Crippen LogP contribution >= 0.6 is 0 Å². The van der Waals surface area contributed by atoms with Gasteiger partial charge in [-0.25, -0.2) is 0 Å². The predicted molar refractivity (Wildman–Crippen MR) is 100 cm³/mol. The molecule has 1 aromatic carbocycles. The van der Waals surface area contributed by atoms with E-state index in [0.717, 1.165) is 45.1 Å². The minimum absolute atomic E-state index is 0.339. The summed E-state index contributed by atoms with van der Waals surface area (Å²) in [4.78, 5) is 6.78. The van der Waals surface area contributed by atoms with Crippen molar-refractivity contribution in [1.82, 2.24) is 15.5 Å². The number of nitrogens with one attached hydrogen (secondary N) is 2. The molecule has 0 radical (unpaired) electrons. The Balaban J connectivity index is 1.64. The first-order valence-electron chi connectivity index (χ1n) is 8.94. The van der Waals surface area contributed by atoms with E-state index in [1.807, 2.05) is 7.05 Å². The summed E-state index contributed by atoms with van der Waals surface area (Å²) in [5.41, 5.74) is 2.55. The van der Waals surface area contributed by atoms with Crippen LogP contribution in [-0.4, -0.2) is 56.3 Å². The lowest BCUT2D eigenvalue weighted by molar-refractivity contribution is -0.0679. The predicted octanol–water partition coefficient (Wildman–Crippen LogP) is 2.16. The number of aliphatic imine (C=N–C) groups is 1. The van der Waals surface area contributed by atoms with E-state index in [4.69, 9.17) is 4.74 Å². The number of ether oxygens (including phenoxy) is 1. The number of guanidine groups is 1. The van der Waals surface area contributed by atoms with Gasteiger partial charge in [-0.15, -0.1) is 0 Å². The summed E-state index contributed by atoms with van der Waals surface area (Å²) in [6.07, 6.45) is 1.78. The van der Waals surface area contributed by atoms with Crippen LogP contribution in [0.15, 0.2) is 29.3 Å². The molecule has 134 valence electrons.